The highest BCUT2D eigenvalue weighted by Crippen LogP contribution is 2.18. The molecule has 1 aliphatic heterocycles. The van der Waals surface area contributed by atoms with Gasteiger partial charge in [-0.05, 0) is 37.8 Å². The number of rotatable bonds is 2. The van der Waals surface area contributed by atoms with E-state index in [-0.39, 0.29) is 0 Å². The molecule has 0 aromatic carbocycles. The van der Waals surface area contributed by atoms with Crippen LogP contribution in [0.2, 0.25) is 0 Å². The fraction of sp³-hybridized carbons (Fsp3) is 0.875. The molecule has 1 nitrogen and oxygen atoms in total. The molecule has 1 unspecified atom stereocenters. The fourth-order valence-electron chi connectivity index (χ4n) is 1.47. The van der Waals surface area contributed by atoms with Gasteiger partial charge in [0.15, 0.2) is 0 Å². The predicted molar refractivity (Wildman–Crippen MR) is 40.2 cm³/mol. The summed E-state index contributed by atoms with van der Waals surface area (Å²) in [6.45, 7) is 6.92. The van der Waals surface area contributed by atoms with Crippen molar-refractivity contribution in [1.29, 1.82) is 0 Å². The highest BCUT2D eigenvalue weighted by molar-refractivity contribution is 4.84. The standard InChI is InChI=1S/C8H16N/c1-7(2)5-8-3-4-9-6-8/h8-9H,3-6H2,1-2H3. The lowest BCUT2D eigenvalue weighted by molar-refractivity contribution is 0.545. The van der Waals surface area contributed by atoms with Gasteiger partial charge in [0.25, 0.3) is 0 Å². The van der Waals surface area contributed by atoms with E-state index in [1.807, 2.05) is 0 Å². The second kappa shape index (κ2) is 3.21. The van der Waals surface area contributed by atoms with Crippen LogP contribution in [0.3, 0.4) is 0 Å². The molecule has 1 aliphatic rings. The zero-order chi connectivity index (χ0) is 6.69. The molecule has 1 rings (SSSR count). The maximum Gasteiger partial charge on any atom is -0.00198 e. The Morgan fingerprint density at radius 2 is 2.33 bits per heavy atom. The summed E-state index contributed by atoms with van der Waals surface area (Å²) < 4.78 is 0. The Bertz CT molecular complexity index is 72.6. The molecule has 1 N–H and O–H groups in total. The molecule has 0 bridgehead atoms. The molecule has 1 fully saturated rings. The lowest BCUT2D eigenvalue weighted by Gasteiger charge is -2.09. The van der Waals surface area contributed by atoms with E-state index in [4.69, 9.17) is 0 Å². The maximum absolute atomic E-state index is 3.36. The molecule has 1 heterocycles. The van der Waals surface area contributed by atoms with Crippen LogP contribution in [-0.4, -0.2) is 13.1 Å². The van der Waals surface area contributed by atoms with Crippen LogP contribution in [0.25, 0.3) is 0 Å². The highest BCUT2D eigenvalue weighted by Gasteiger charge is 2.14. The Morgan fingerprint density at radius 1 is 1.56 bits per heavy atom. The Labute approximate surface area is 57.8 Å². The predicted octanol–water partition coefficient (Wildman–Crippen LogP) is 1.60. The van der Waals surface area contributed by atoms with Gasteiger partial charge >= 0.3 is 0 Å². The van der Waals surface area contributed by atoms with Crippen molar-refractivity contribution in [1.82, 2.24) is 5.32 Å². The summed E-state index contributed by atoms with van der Waals surface area (Å²) in [5.41, 5.74) is 0. The van der Waals surface area contributed by atoms with E-state index in [1.165, 1.54) is 25.9 Å². The molecular formula is C8H16N. The van der Waals surface area contributed by atoms with Gasteiger partial charge < -0.3 is 5.32 Å². The van der Waals surface area contributed by atoms with Crippen LogP contribution in [-0.2, 0) is 0 Å². The molecule has 1 saturated heterocycles. The Morgan fingerprint density at radius 3 is 2.78 bits per heavy atom. The molecule has 0 aromatic rings. The lowest BCUT2D eigenvalue weighted by atomic mass is 9.97. The van der Waals surface area contributed by atoms with Crippen molar-refractivity contribution in [2.45, 2.75) is 26.7 Å². The molecule has 1 heteroatoms. The van der Waals surface area contributed by atoms with Gasteiger partial charge in [0, 0.05) is 0 Å². The minimum absolute atomic E-state index is 0.940. The van der Waals surface area contributed by atoms with Crippen molar-refractivity contribution in [3.63, 3.8) is 0 Å². The molecule has 53 valence electrons. The Kier molecular flexibility index (Phi) is 2.52. The van der Waals surface area contributed by atoms with E-state index in [2.05, 4.69) is 19.2 Å². The molecule has 0 spiro atoms. The van der Waals surface area contributed by atoms with E-state index in [9.17, 15) is 0 Å². The summed E-state index contributed by atoms with van der Waals surface area (Å²) in [7, 11) is 0. The van der Waals surface area contributed by atoms with Gasteiger partial charge in [0.1, 0.15) is 0 Å². The largest absolute Gasteiger partial charge is 0.316 e. The second-order valence-corrected chi connectivity index (χ2v) is 3.27. The Hall–Kier alpha value is -0.0400. The normalized spacial score (nSPS) is 27.7. The van der Waals surface area contributed by atoms with Crippen molar-refractivity contribution in [3.05, 3.63) is 5.92 Å². The van der Waals surface area contributed by atoms with Crippen molar-refractivity contribution >= 4 is 0 Å². The van der Waals surface area contributed by atoms with Crippen molar-refractivity contribution in [3.8, 4) is 0 Å². The summed E-state index contributed by atoms with van der Waals surface area (Å²) in [6, 6.07) is 0. The first-order chi connectivity index (χ1) is 4.29. The third-order valence-electron chi connectivity index (χ3n) is 1.86. The fourth-order valence-corrected chi connectivity index (χ4v) is 1.47. The van der Waals surface area contributed by atoms with E-state index < -0.39 is 0 Å². The van der Waals surface area contributed by atoms with Gasteiger partial charge in [-0.2, -0.15) is 0 Å². The van der Waals surface area contributed by atoms with Crippen LogP contribution < -0.4 is 5.32 Å². The van der Waals surface area contributed by atoms with Crippen molar-refractivity contribution in [2.24, 2.45) is 5.92 Å². The lowest BCUT2D eigenvalue weighted by Crippen LogP contribution is -2.09. The van der Waals surface area contributed by atoms with Crippen molar-refractivity contribution < 1.29 is 0 Å². The molecule has 9 heavy (non-hydrogen) atoms. The zero-order valence-corrected chi connectivity index (χ0v) is 6.41. The number of nitrogens with one attached hydrogen (secondary N) is 1. The van der Waals surface area contributed by atoms with E-state index >= 15 is 0 Å². The van der Waals surface area contributed by atoms with Gasteiger partial charge in [-0.1, -0.05) is 13.8 Å². The van der Waals surface area contributed by atoms with Crippen LogP contribution >= 0.6 is 0 Å². The summed E-state index contributed by atoms with van der Waals surface area (Å²) in [5, 5.41) is 3.36. The minimum atomic E-state index is 0.940. The average molecular weight is 126 g/mol. The smallest absolute Gasteiger partial charge is 0.00198 e. The summed E-state index contributed by atoms with van der Waals surface area (Å²) >= 11 is 0. The highest BCUT2D eigenvalue weighted by atomic mass is 14.9. The molecule has 0 amide bonds. The minimum Gasteiger partial charge on any atom is -0.316 e. The summed E-state index contributed by atoms with van der Waals surface area (Å²) in [5.74, 6) is 2.51. The van der Waals surface area contributed by atoms with E-state index in [0.717, 1.165) is 5.92 Å². The van der Waals surface area contributed by atoms with Crippen LogP contribution in [0.1, 0.15) is 26.7 Å². The molecule has 0 aliphatic carbocycles. The van der Waals surface area contributed by atoms with E-state index in [0.29, 0.717) is 0 Å². The van der Waals surface area contributed by atoms with Gasteiger partial charge in [-0.25, -0.2) is 0 Å². The number of hydrogen-bond acceptors (Lipinski definition) is 1. The molecule has 1 radical (unpaired) electrons. The monoisotopic (exact) mass is 126 g/mol. The summed E-state index contributed by atoms with van der Waals surface area (Å²) in [4.78, 5) is 0. The van der Waals surface area contributed by atoms with Gasteiger partial charge in [0.2, 0.25) is 0 Å². The van der Waals surface area contributed by atoms with Crippen LogP contribution in [0, 0.1) is 11.8 Å². The van der Waals surface area contributed by atoms with Crippen LogP contribution in [0.4, 0.5) is 0 Å². The van der Waals surface area contributed by atoms with Gasteiger partial charge in [-0.3, -0.25) is 0 Å². The topological polar surface area (TPSA) is 12.0 Å². The third-order valence-corrected chi connectivity index (χ3v) is 1.86. The van der Waals surface area contributed by atoms with Gasteiger partial charge in [0.05, 0.1) is 0 Å². The van der Waals surface area contributed by atoms with Gasteiger partial charge in [-0.15, -0.1) is 0 Å². The number of hydrogen-bond donors (Lipinski definition) is 1. The second-order valence-electron chi connectivity index (χ2n) is 3.27. The first kappa shape index (κ1) is 7.07. The first-order valence-corrected chi connectivity index (χ1v) is 3.79. The van der Waals surface area contributed by atoms with Crippen LogP contribution in [0.15, 0.2) is 0 Å². The molecule has 0 aromatic heterocycles. The quantitative estimate of drug-likeness (QED) is 0.592. The maximum atomic E-state index is 3.36. The third kappa shape index (κ3) is 2.35. The van der Waals surface area contributed by atoms with E-state index in [1.54, 1.807) is 5.92 Å². The zero-order valence-electron chi connectivity index (χ0n) is 6.41. The molecule has 0 saturated carbocycles. The Balaban J connectivity index is 2.11. The molecular weight excluding hydrogens is 110 g/mol. The SMILES string of the molecule is C[C](C)CC1CCNC1. The molecule has 1 atom stereocenters. The van der Waals surface area contributed by atoms with Crippen molar-refractivity contribution in [2.75, 3.05) is 13.1 Å². The van der Waals surface area contributed by atoms with Crippen LogP contribution in [0.5, 0.6) is 0 Å². The average Bonchev–Trinajstić information content (AvgIpc) is 2.15. The first-order valence-electron chi connectivity index (χ1n) is 3.79. The summed E-state index contributed by atoms with van der Waals surface area (Å²) in [6.07, 6.45) is 2.71.